The fraction of sp³-hybridized carbons (Fsp3) is 0.214. The molecule has 0 N–H and O–H groups in total. The average Bonchev–Trinajstić information content (AvgIpc) is 2.53. The maximum absolute atomic E-state index is 11.8. The molecule has 0 atom stereocenters. The van der Waals surface area contributed by atoms with Gasteiger partial charge in [0, 0.05) is 18.0 Å². The monoisotopic (exact) mass is 352 g/mol. The first-order valence-electron chi connectivity index (χ1n) is 5.99. The lowest BCUT2D eigenvalue weighted by Gasteiger charge is -2.12. The van der Waals surface area contributed by atoms with Crippen molar-refractivity contribution in [1.82, 2.24) is 9.97 Å². The molecule has 0 fully saturated rings. The Balaban J connectivity index is 2.14. The molecule has 0 bridgehead atoms. The number of benzene rings is 1. The van der Waals surface area contributed by atoms with Crippen molar-refractivity contribution in [3.8, 4) is 11.5 Å². The van der Waals surface area contributed by atoms with Crippen LogP contribution in [0.1, 0.15) is 16.1 Å². The van der Waals surface area contributed by atoms with E-state index in [4.69, 9.17) is 14.2 Å². The van der Waals surface area contributed by atoms with Gasteiger partial charge in [-0.25, -0.2) is 9.78 Å². The van der Waals surface area contributed by atoms with Gasteiger partial charge in [-0.15, -0.1) is 0 Å². The quantitative estimate of drug-likeness (QED) is 0.770. The van der Waals surface area contributed by atoms with Gasteiger partial charge in [0.25, 0.3) is 0 Å². The molecule has 0 saturated carbocycles. The Morgan fingerprint density at radius 3 is 2.57 bits per heavy atom. The molecule has 0 unspecified atom stereocenters. The molecule has 0 radical (unpaired) electrons. The van der Waals surface area contributed by atoms with Crippen molar-refractivity contribution in [1.29, 1.82) is 0 Å². The Morgan fingerprint density at radius 1 is 1.19 bits per heavy atom. The van der Waals surface area contributed by atoms with Gasteiger partial charge in [-0.05, 0) is 28.1 Å². The Labute approximate surface area is 130 Å². The highest BCUT2D eigenvalue weighted by Crippen LogP contribution is 2.33. The van der Waals surface area contributed by atoms with E-state index in [0.717, 1.165) is 4.47 Å². The van der Waals surface area contributed by atoms with Gasteiger partial charge in [0.05, 0.1) is 24.9 Å². The standard InChI is InChI=1S/C14H13BrN2O4/c1-19-12-6-10(15)13(20-2)5-9(12)8-21-14(18)11-7-16-3-4-17-11/h3-7H,8H2,1-2H3. The van der Waals surface area contributed by atoms with Crippen LogP contribution in [0.25, 0.3) is 0 Å². The summed E-state index contributed by atoms with van der Waals surface area (Å²) in [5.41, 5.74) is 0.843. The highest BCUT2D eigenvalue weighted by molar-refractivity contribution is 9.10. The van der Waals surface area contributed by atoms with Crippen molar-refractivity contribution < 1.29 is 19.0 Å². The van der Waals surface area contributed by atoms with Crippen LogP contribution in [0.4, 0.5) is 0 Å². The molecule has 2 aromatic rings. The molecular formula is C14H13BrN2O4. The molecule has 0 aliphatic carbocycles. The van der Waals surface area contributed by atoms with E-state index in [1.165, 1.54) is 18.6 Å². The van der Waals surface area contributed by atoms with Gasteiger partial charge < -0.3 is 14.2 Å². The summed E-state index contributed by atoms with van der Waals surface area (Å²) in [7, 11) is 3.10. The molecule has 21 heavy (non-hydrogen) atoms. The van der Waals surface area contributed by atoms with Crippen LogP contribution in [0, 0.1) is 0 Å². The van der Waals surface area contributed by atoms with Crippen LogP contribution in [-0.4, -0.2) is 30.2 Å². The number of hydrogen-bond acceptors (Lipinski definition) is 6. The Hall–Kier alpha value is -2.15. The summed E-state index contributed by atoms with van der Waals surface area (Å²) in [5.74, 6) is 0.669. The van der Waals surface area contributed by atoms with Crippen molar-refractivity contribution in [3.63, 3.8) is 0 Å². The van der Waals surface area contributed by atoms with Crippen molar-refractivity contribution in [2.75, 3.05) is 14.2 Å². The molecular weight excluding hydrogens is 340 g/mol. The number of esters is 1. The summed E-state index contributed by atoms with van der Waals surface area (Å²) in [6.07, 6.45) is 4.26. The van der Waals surface area contributed by atoms with Gasteiger partial charge in [-0.3, -0.25) is 4.98 Å². The second-order valence-electron chi connectivity index (χ2n) is 3.97. The maximum Gasteiger partial charge on any atom is 0.358 e. The van der Waals surface area contributed by atoms with Gasteiger partial charge >= 0.3 is 5.97 Å². The van der Waals surface area contributed by atoms with Crippen LogP contribution < -0.4 is 9.47 Å². The number of carbonyl (C=O) groups excluding carboxylic acids is 1. The number of methoxy groups -OCH3 is 2. The van der Waals surface area contributed by atoms with E-state index in [2.05, 4.69) is 25.9 Å². The van der Waals surface area contributed by atoms with Crippen molar-refractivity contribution in [3.05, 3.63) is 46.5 Å². The molecule has 1 aromatic carbocycles. The number of hydrogen-bond donors (Lipinski definition) is 0. The molecule has 1 heterocycles. The van der Waals surface area contributed by atoms with Crippen molar-refractivity contribution in [2.45, 2.75) is 6.61 Å². The minimum Gasteiger partial charge on any atom is -0.496 e. The highest BCUT2D eigenvalue weighted by Gasteiger charge is 2.13. The molecule has 0 aliphatic heterocycles. The maximum atomic E-state index is 11.8. The first kappa shape index (κ1) is 15.2. The molecule has 0 amide bonds. The fourth-order valence-corrected chi connectivity index (χ4v) is 2.14. The van der Waals surface area contributed by atoms with Crippen LogP contribution in [0.3, 0.4) is 0 Å². The minimum absolute atomic E-state index is 0.0439. The third kappa shape index (κ3) is 3.69. The second kappa shape index (κ2) is 7.03. The summed E-state index contributed by atoms with van der Waals surface area (Å²) in [5, 5.41) is 0. The fourth-order valence-electron chi connectivity index (χ4n) is 1.66. The van der Waals surface area contributed by atoms with Gasteiger partial charge in [0.1, 0.15) is 18.1 Å². The lowest BCUT2D eigenvalue weighted by Crippen LogP contribution is -2.08. The number of halogens is 1. The molecule has 2 rings (SSSR count). The van der Waals surface area contributed by atoms with Gasteiger partial charge in [0.2, 0.25) is 0 Å². The van der Waals surface area contributed by atoms with Crippen LogP contribution in [-0.2, 0) is 11.3 Å². The molecule has 0 saturated heterocycles. The molecule has 0 aliphatic rings. The number of carbonyl (C=O) groups is 1. The van der Waals surface area contributed by atoms with E-state index < -0.39 is 5.97 Å². The SMILES string of the molecule is COc1cc(COC(=O)c2cnccn2)c(OC)cc1Br. The first-order chi connectivity index (χ1) is 10.2. The number of rotatable bonds is 5. The average molecular weight is 353 g/mol. The van der Waals surface area contributed by atoms with E-state index in [-0.39, 0.29) is 12.3 Å². The molecule has 0 spiro atoms. The predicted molar refractivity (Wildman–Crippen MR) is 78.4 cm³/mol. The molecule has 110 valence electrons. The van der Waals surface area contributed by atoms with Crippen LogP contribution in [0.15, 0.2) is 35.2 Å². The Bertz CT molecular complexity index is 634. The van der Waals surface area contributed by atoms with Crippen LogP contribution in [0.2, 0.25) is 0 Å². The van der Waals surface area contributed by atoms with Gasteiger partial charge in [-0.2, -0.15) is 0 Å². The van der Waals surface area contributed by atoms with Crippen molar-refractivity contribution >= 4 is 21.9 Å². The lowest BCUT2D eigenvalue weighted by molar-refractivity contribution is 0.0462. The van der Waals surface area contributed by atoms with E-state index in [1.54, 1.807) is 26.4 Å². The zero-order valence-corrected chi connectivity index (χ0v) is 13.1. The largest absolute Gasteiger partial charge is 0.496 e. The minimum atomic E-state index is -0.549. The van der Waals surface area contributed by atoms with Gasteiger partial charge in [-0.1, -0.05) is 0 Å². The van der Waals surface area contributed by atoms with E-state index >= 15 is 0 Å². The van der Waals surface area contributed by atoms with Crippen LogP contribution >= 0.6 is 15.9 Å². The van der Waals surface area contributed by atoms with E-state index in [0.29, 0.717) is 17.1 Å². The normalized spacial score (nSPS) is 10.0. The van der Waals surface area contributed by atoms with Gasteiger partial charge in [0.15, 0.2) is 5.69 Å². The van der Waals surface area contributed by atoms with Crippen molar-refractivity contribution in [2.24, 2.45) is 0 Å². The van der Waals surface area contributed by atoms with Crippen LogP contribution in [0.5, 0.6) is 11.5 Å². The number of ether oxygens (including phenoxy) is 3. The zero-order chi connectivity index (χ0) is 15.2. The summed E-state index contributed by atoms with van der Waals surface area (Å²) in [4.78, 5) is 19.5. The third-order valence-electron chi connectivity index (χ3n) is 2.69. The Morgan fingerprint density at radius 2 is 1.95 bits per heavy atom. The first-order valence-corrected chi connectivity index (χ1v) is 6.78. The summed E-state index contributed by atoms with van der Waals surface area (Å²) in [6, 6.07) is 3.50. The Kier molecular flexibility index (Phi) is 5.10. The summed E-state index contributed by atoms with van der Waals surface area (Å²) < 4.78 is 16.4. The zero-order valence-electron chi connectivity index (χ0n) is 11.5. The topological polar surface area (TPSA) is 70.5 Å². The highest BCUT2D eigenvalue weighted by atomic mass is 79.9. The number of nitrogens with zero attached hydrogens (tertiary/aromatic N) is 2. The second-order valence-corrected chi connectivity index (χ2v) is 4.82. The molecule has 1 aromatic heterocycles. The predicted octanol–water partition coefficient (Wildman–Crippen LogP) is 2.61. The smallest absolute Gasteiger partial charge is 0.358 e. The molecule has 6 nitrogen and oxygen atoms in total. The summed E-state index contributed by atoms with van der Waals surface area (Å²) in [6.45, 7) is 0.0439. The molecule has 7 heteroatoms. The lowest BCUT2D eigenvalue weighted by atomic mass is 10.2. The van der Waals surface area contributed by atoms with E-state index in [1.807, 2.05) is 0 Å². The number of aromatic nitrogens is 2. The third-order valence-corrected chi connectivity index (χ3v) is 3.31. The summed E-state index contributed by atoms with van der Waals surface area (Å²) >= 11 is 3.37. The van der Waals surface area contributed by atoms with E-state index in [9.17, 15) is 4.79 Å².